The molecule has 102 valence electrons. The second-order valence-corrected chi connectivity index (χ2v) is 3.61. The first-order valence-electron chi connectivity index (χ1n) is 5.46. The molecule has 3 N–H and O–H groups in total. The molecule has 0 saturated carbocycles. The molecular weight excluding hydrogens is 250 g/mol. The van der Waals surface area contributed by atoms with Crippen LogP contribution in [0.3, 0.4) is 0 Å². The van der Waals surface area contributed by atoms with E-state index in [9.17, 15) is 14.7 Å². The van der Waals surface area contributed by atoms with Crippen molar-refractivity contribution >= 4 is 23.4 Å². The summed E-state index contributed by atoms with van der Waals surface area (Å²) in [5.41, 5.74) is 2.78. The number of hydrogen-bond donors (Lipinski definition) is 3. The molecule has 0 heterocycles. The summed E-state index contributed by atoms with van der Waals surface area (Å²) >= 11 is 0. The smallest absolute Gasteiger partial charge is 0.340 e. The maximum absolute atomic E-state index is 11.5. The number of ether oxygens (including phenoxy) is 1. The molecular formula is C12H15N3O4. The molecule has 0 aromatic heterocycles. The van der Waals surface area contributed by atoms with Crippen molar-refractivity contribution in [3.8, 4) is 0 Å². The van der Waals surface area contributed by atoms with E-state index in [2.05, 4.69) is 20.6 Å². The summed E-state index contributed by atoms with van der Waals surface area (Å²) in [5, 5.41) is 15.5. The third-order valence-corrected chi connectivity index (χ3v) is 2.19. The Balaban J connectivity index is 2.51. The molecule has 7 heteroatoms. The normalized spacial score (nSPS) is 12.5. The first kappa shape index (κ1) is 14.7. The Hall–Kier alpha value is -2.41. The number of anilines is 1. The SMILES string of the molecule is COC(=O)C(O)/C(C)=N/NC(=O)Nc1ccccc1. The zero-order chi connectivity index (χ0) is 14.3. The summed E-state index contributed by atoms with van der Waals surface area (Å²) in [6, 6.07) is 8.19. The van der Waals surface area contributed by atoms with Gasteiger partial charge in [-0.3, -0.25) is 0 Å². The van der Waals surface area contributed by atoms with Gasteiger partial charge in [0.1, 0.15) is 0 Å². The van der Waals surface area contributed by atoms with E-state index in [1.54, 1.807) is 24.3 Å². The lowest BCUT2D eigenvalue weighted by Crippen LogP contribution is -2.32. The van der Waals surface area contributed by atoms with Gasteiger partial charge in [-0.2, -0.15) is 5.10 Å². The highest BCUT2D eigenvalue weighted by atomic mass is 16.5. The second kappa shape index (κ2) is 7.12. The van der Waals surface area contributed by atoms with Gasteiger partial charge in [0.2, 0.25) is 0 Å². The van der Waals surface area contributed by atoms with Crippen LogP contribution < -0.4 is 10.7 Å². The van der Waals surface area contributed by atoms with Crippen molar-refractivity contribution in [2.24, 2.45) is 5.10 Å². The number of carbonyl (C=O) groups is 2. The number of carbonyl (C=O) groups excluding carboxylic acids is 2. The minimum absolute atomic E-state index is 0.0232. The van der Waals surface area contributed by atoms with Gasteiger partial charge in [0.25, 0.3) is 0 Å². The molecule has 1 aromatic rings. The van der Waals surface area contributed by atoms with Gasteiger partial charge >= 0.3 is 12.0 Å². The number of hydrazone groups is 1. The van der Waals surface area contributed by atoms with Crippen molar-refractivity contribution in [3.63, 3.8) is 0 Å². The molecule has 2 amide bonds. The first-order chi connectivity index (χ1) is 9.04. The third-order valence-electron chi connectivity index (χ3n) is 2.19. The van der Waals surface area contributed by atoms with Crippen molar-refractivity contribution < 1.29 is 19.4 Å². The number of aliphatic hydroxyl groups excluding tert-OH is 1. The molecule has 0 aliphatic heterocycles. The summed E-state index contributed by atoms with van der Waals surface area (Å²) < 4.78 is 4.34. The largest absolute Gasteiger partial charge is 0.467 e. The second-order valence-electron chi connectivity index (χ2n) is 3.61. The van der Waals surface area contributed by atoms with Crippen LogP contribution in [0.2, 0.25) is 0 Å². The fraction of sp³-hybridized carbons (Fsp3) is 0.250. The maximum Gasteiger partial charge on any atom is 0.340 e. The molecule has 0 radical (unpaired) electrons. The molecule has 0 spiro atoms. The topological polar surface area (TPSA) is 100 Å². The van der Waals surface area contributed by atoms with Crippen molar-refractivity contribution in [3.05, 3.63) is 30.3 Å². The van der Waals surface area contributed by atoms with E-state index in [1.807, 2.05) is 6.07 Å². The van der Waals surface area contributed by atoms with Crippen molar-refractivity contribution in [2.45, 2.75) is 13.0 Å². The Morgan fingerprint density at radius 2 is 1.95 bits per heavy atom. The van der Waals surface area contributed by atoms with Crippen LogP contribution in [0.15, 0.2) is 35.4 Å². The minimum atomic E-state index is -1.50. The summed E-state index contributed by atoms with van der Waals surface area (Å²) in [5.74, 6) is -0.841. The Labute approximate surface area is 110 Å². The quantitative estimate of drug-likeness (QED) is 0.424. The zero-order valence-electron chi connectivity index (χ0n) is 10.6. The van der Waals surface area contributed by atoms with Crippen LogP contribution in [0, 0.1) is 0 Å². The van der Waals surface area contributed by atoms with Gasteiger partial charge in [-0.05, 0) is 19.1 Å². The van der Waals surface area contributed by atoms with Crippen LogP contribution in [-0.2, 0) is 9.53 Å². The Morgan fingerprint density at radius 1 is 1.32 bits per heavy atom. The number of para-hydroxylation sites is 1. The molecule has 0 saturated heterocycles. The number of nitrogens with zero attached hydrogens (tertiary/aromatic N) is 1. The molecule has 1 rings (SSSR count). The summed E-state index contributed by atoms with van der Waals surface area (Å²) in [6.07, 6.45) is -1.50. The Bertz CT molecular complexity index is 473. The molecule has 1 aromatic carbocycles. The van der Waals surface area contributed by atoms with E-state index in [1.165, 1.54) is 6.92 Å². The highest BCUT2D eigenvalue weighted by Gasteiger charge is 2.18. The highest BCUT2D eigenvalue weighted by Crippen LogP contribution is 2.04. The van der Waals surface area contributed by atoms with Crippen LogP contribution >= 0.6 is 0 Å². The van der Waals surface area contributed by atoms with E-state index >= 15 is 0 Å². The lowest BCUT2D eigenvalue weighted by molar-refractivity contribution is -0.146. The standard InChI is InChI=1S/C12H15N3O4/c1-8(10(16)11(17)19-2)14-15-12(18)13-9-6-4-3-5-7-9/h3-7,10,16H,1-2H3,(H2,13,15,18)/b14-8+. The molecule has 7 nitrogen and oxygen atoms in total. The van der Waals surface area contributed by atoms with E-state index in [4.69, 9.17) is 0 Å². The van der Waals surface area contributed by atoms with Gasteiger partial charge < -0.3 is 15.2 Å². The van der Waals surface area contributed by atoms with Crippen LogP contribution in [0.4, 0.5) is 10.5 Å². The molecule has 0 aliphatic rings. The average Bonchev–Trinajstić information content (AvgIpc) is 2.44. The molecule has 0 bridgehead atoms. The number of aliphatic hydroxyl groups is 1. The van der Waals surface area contributed by atoms with E-state index in [0.29, 0.717) is 5.69 Å². The predicted octanol–water partition coefficient (Wildman–Crippen LogP) is 0.718. The van der Waals surface area contributed by atoms with Crippen molar-refractivity contribution in [1.29, 1.82) is 0 Å². The predicted molar refractivity (Wildman–Crippen MR) is 69.7 cm³/mol. The van der Waals surface area contributed by atoms with Crippen LogP contribution in [0.25, 0.3) is 0 Å². The number of urea groups is 1. The zero-order valence-corrected chi connectivity index (χ0v) is 10.6. The number of amides is 2. The third kappa shape index (κ3) is 4.76. The van der Waals surface area contributed by atoms with Gasteiger partial charge in [-0.15, -0.1) is 0 Å². The minimum Gasteiger partial charge on any atom is -0.467 e. The van der Waals surface area contributed by atoms with Gasteiger partial charge in [0, 0.05) is 5.69 Å². The number of nitrogens with one attached hydrogen (secondary N) is 2. The average molecular weight is 265 g/mol. The van der Waals surface area contributed by atoms with E-state index in [0.717, 1.165) is 7.11 Å². The van der Waals surface area contributed by atoms with Gasteiger partial charge in [0.05, 0.1) is 12.8 Å². The molecule has 1 unspecified atom stereocenters. The Kier molecular flexibility index (Phi) is 5.49. The molecule has 0 fully saturated rings. The molecule has 19 heavy (non-hydrogen) atoms. The highest BCUT2D eigenvalue weighted by molar-refractivity contribution is 6.04. The monoisotopic (exact) mass is 265 g/mol. The summed E-state index contributed by atoms with van der Waals surface area (Å²) in [4.78, 5) is 22.5. The number of benzene rings is 1. The van der Waals surface area contributed by atoms with Crippen LogP contribution in [-0.4, -0.2) is 36.0 Å². The maximum atomic E-state index is 11.5. The fourth-order valence-corrected chi connectivity index (χ4v) is 1.16. The lowest BCUT2D eigenvalue weighted by Gasteiger charge is -2.08. The van der Waals surface area contributed by atoms with Crippen molar-refractivity contribution in [1.82, 2.24) is 5.43 Å². The number of rotatable bonds is 4. The summed E-state index contributed by atoms with van der Waals surface area (Å²) in [6.45, 7) is 1.39. The van der Waals surface area contributed by atoms with Gasteiger partial charge in [-0.25, -0.2) is 15.0 Å². The van der Waals surface area contributed by atoms with Gasteiger partial charge in [-0.1, -0.05) is 18.2 Å². The first-order valence-corrected chi connectivity index (χ1v) is 5.46. The summed E-state index contributed by atoms with van der Waals surface area (Å²) in [7, 11) is 1.15. The lowest BCUT2D eigenvalue weighted by atomic mass is 10.2. The van der Waals surface area contributed by atoms with Gasteiger partial charge in [0.15, 0.2) is 6.10 Å². The van der Waals surface area contributed by atoms with Crippen molar-refractivity contribution in [2.75, 3.05) is 12.4 Å². The Morgan fingerprint density at radius 3 is 2.53 bits per heavy atom. The number of esters is 1. The van der Waals surface area contributed by atoms with Crippen LogP contribution in [0.1, 0.15) is 6.92 Å². The molecule has 1 atom stereocenters. The number of hydrogen-bond acceptors (Lipinski definition) is 5. The number of methoxy groups -OCH3 is 1. The molecule has 0 aliphatic carbocycles. The van der Waals surface area contributed by atoms with Crippen LogP contribution in [0.5, 0.6) is 0 Å². The fourth-order valence-electron chi connectivity index (χ4n) is 1.16. The van der Waals surface area contributed by atoms with E-state index in [-0.39, 0.29) is 5.71 Å². The van der Waals surface area contributed by atoms with E-state index < -0.39 is 18.1 Å².